The fourth-order valence-electron chi connectivity index (χ4n) is 1.99. The minimum Gasteiger partial charge on any atom is -0.444 e. The molecule has 3 aromatic rings. The molecular weight excluding hydrogens is 365 g/mol. The summed E-state index contributed by atoms with van der Waals surface area (Å²) in [7, 11) is 0. The molecule has 0 saturated carbocycles. The van der Waals surface area contributed by atoms with Gasteiger partial charge in [-0.25, -0.2) is 0 Å². The number of fused-ring (bicyclic) bond motifs is 1. The lowest BCUT2D eigenvalue weighted by Gasteiger charge is -2.03. The van der Waals surface area contributed by atoms with Gasteiger partial charge >= 0.3 is 6.18 Å². The molecule has 2 aromatic heterocycles. The summed E-state index contributed by atoms with van der Waals surface area (Å²) in [6, 6.07) is 8.48. The molecule has 2 N–H and O–H groups in total. The Hall–Kier alpha value is -2.22. The standard InChI is InChI=1S/C14H8BrF3N2O2/c15-12-4-3-10(22-12)13(21)19-8-1-2-9-7(5-8)6-11(20-9)14(16,17)18/h1-6,20H,(H,19,21). The van der Waals surface area contributed by atoms with Gasteiger partial charge in [-0.2, -0.15) is 13.2 Å². The molecule has 0 saturated heterocycles. The van der Waals surface area contributed by atoms with E-state index in [2.05, 4.69) is 26.2 Å². The summed E-state index contributed by atoms with van der Waals surface area (Å²) < 4.78 is 43.4. The van der Waals surface area contributed by atoms with Gasteiger partial charge in [-0.15, -0.1) is 0 Å². The molecule has 3 rings (SSSR count). The van der Waals surface area contributed by atoms with Crippen molar-refractivity contribution in [3.8, 4) is 0 Å². The Morgan fingerprint density at radius 1 is 1.18 bits per heavy atom. The van der Waals surface area contributed by atoms with Gasteiger partial charge in [0.25, 0.3) is 5.91 Å². The van der Waals surface area contributed by atoms with Gasteiger partial charge in [0.1, 0.15) is 5.69 Å². The Morgan fingerprint density at radius 2 is 1.95 bits per heavy atom. The van der Waals surface area contributed by atoms with E-state index in [9.17, 15) is 18.0 Å². The number of aromatic amines is 1. The van der Waals surface area contributed by atoms with Crippen molar-refractivity contribution in [1.29, 1.82) is 0 Å². The molecule has 0 fully saturated rings. The summed E-state index contributed by atoms with van der Waals surface area (Å²) in [6.07, 6.45) is -4.44. The van der Waals surface area contributed by atoms with E-state index in [-0.39, 0.29) is 5.76 Å². The van der Waals surface area contributed by atoms with Crippen molar-refractivity contribution < 1.29 is 22.4 Å². The van der Waals surface area contributed by atoms with Gasteiger partial charge in [0.2, 0.25) is 0 Å². The first-order valence-corrected chi connectivity index (χ1v) is 6.89. The van der Waals surface area contributed by atoms with E-state index in [1.54, 1.807) is 6.07 Å². The number of carbonyl (C=O) groups is 1. The molecule has 4 nitrogen and oxygen atoms in total. The molecule has 0 aliphatic rings. The molecule has 0 aliphatic heterocycles. The predicted octanol–water partition coefficient (Wildman–Crippen LogP) is 4.79. The van der Waals surface area contributed by atoms with Gasteiger partial charge in [0, 0.05) is 16.6 Å². The van der Waals surface area contributed by atoms with Crippen LogP contribution in [0.5, 0.6) is 0 Å². The van der Waals surface area contributed by atoms with Crippen LogP contribution in [-0.2, 0) is 6.18 Å². The molecule has 2 heterocycles. The summed E-state index contributed by atoms with van der Waals surface area (Å²) in [6.45, 7) is 0. The number of furan rings is 1. The topological polar surface area (TPSA) is 58.0 Å². The molecule has 1 amide bonds. The Kier molecular flexibility index (Phi) is 3.48. The molecule has 22 heavy (non-hydrogen) atoms. The fourth-order valence-corrected chi connectivity index (χ4v) is 2.30. The minimum absolute atomic E-state index is 0.0945. The maximum Gasteiger partial charge on any atom is 0.431 e. The molecule has 1 aromatic carbocycles. The molecule has 0 bridgehead atoms. The number of alkyl halides is 3. The van der Waals surface area contributed by atoms with Crippen LogP contribution >= 0.6 is 15.9 Å². The maximum absolute atomic E-state index is 12.6. The smallest absolute Gasteiger partial charge is 0.431 e. The third-order valence-corrected chi connectivity index (χ3v) is 3.41. The van der Waals surface area contributed by atoms with Crippen LogP contribution in [0.15, 0.2) is 45.5 Å². The van der Waals surface area contributed by atoms with Gasteiger partial charge in [-0.05, 0) is 52.3 Å². The lowest BCUT2D eigenvalue weighted by atomic mass is 10.2. The number of amides is 1. The number of H-pyrrole nitrogens is 1. The second kappa shape index (κ2) is 5.20. The van der Waals surface area contributed by atoms with Crippen molar-refractivity contribution in [2.24, 2.45) is 0 Å². The van der Waals surface area contributed by atoms with Crippen molar-refractivity contribution in [2.75, 3.05) is 5.32 Å². The maximum atomic E-state index is 12.6. The first-order chi connectivity index (χ1) is 10.3. The van der Waals surface area contributed by atoms with E-state index in [1.165, 1.54) is 24.3 Å². The molecule has 0 spiro atoms. The van der Waals surface area contributed by atoms with Gasteiger partial charge in [0.15, 0.2) is 10.4 Å². The second-order valence-electron chi connectivity index (χ2n) is 4.54. The van der Waals surface area contributed by atoms with Crippen molar-refractivity contribution in [2.45, 2.75) is 6.18 Å². The Balaban J connectivity index is 1.87. The summed E-state index contributed by atoms with van der Waals surface area (Å²) in [5, 5.41) is 2.92. The zero-order chi connectivity index (χ0) is 15.9. The number of rotatable bonds is 2. The van der Waals surface area contributed by atoms with E-state index < -0.39 is 17.8 Å². The summed E-state index contributed by atoms with van der Waals surface area (Å²) in [5.74, 6) is -0.395. The lowest BCUT2D eigenvalue weighted by molar-refractivity contribution is -0.140. The van der Waals surface area contributed by atoms with Crippen molar-refractivity contribution >= 4 is 38.4 Å². The highest BCUT2D eigenvalue weighted by molar-refractivity contribution is 9.10. The quantitative estimate of drug-likeness (QED) is 0.679. The van der Waals surface area contributed by atoms with E-state index >= 15 is 0 Å². The molecule has 0 unspecified atom stereocenters. The summed E-state index contributed by atoms with van der Waals surface area (Å²) in [4.78, 5) is 14.2. The zero-order valence-electron chi connectivity index (χ0n) is 10.8. The molecule has 0 atom stereocenters. The predicted molar refractivity (Wildman–Crippen MR) is 77.7 cm³/mol. The summed E-state index contributed by atoms with van der Waals surface area (Å²) >= 11 is 3.08. The molecule has 0 radical (unpaired) electrons. The number of carbonyl (C=O) groups excluding carboxylic acids is 1. The fraction of sp³-hybridized carbons (Fsp3) is 0.0714. The number of aromatic nitrogens is 1. The first kappa shape index (κ1) is 14.7. The number of nitrogens with one attached hydrogen (secondary N) is 2. The normalized spacial score (nSPS) is 11.8. The number of halogens is 4. The average Bonchev–Trinajstić information content (AvgIpc) is 3.03. The highest BCUT2D eigenvalue weighted by Gasteiger charge is 2.32. The number of hydrogen-bond acceptors (Lipinski definition) is 2. The van der Waals surface area contributed by atoms with Crippen LogP contribution < -0.4 is 5.32 Å². The van der Waals surface area contributed by atoms with Gasteiger partial charge in [-0.3, -0.25) is 4.79 Å². The molecule has 0 aliphatic carbocycles. The van der Waals surface area contributed by atoms with Crippen LogP contribution in [0.3, 0.4) is 0 Å². The monoisotopic (exact) mass is 372 g/mol. The van der Waals surface area contributed by atoms with Crippen molar-refractivity contribution in [1.82, 2.24) is 4.98 Å². The van der Waals surface area contributed by atoms with E-state index in [4.69, 9.17) is 4.42 Å². The highest BCUT2D eigenvalue weighted by Crippen LogP contribution is 2.32. The van der Waals surface area contributed by atoms with E-state index in [1.807, 2.05) is 0 Å². The third-order valence-electron chi connectivity index (χ3n) is 2.98. The van der Waals surface area contributed by atoms with Crippen LogP contribution in [-0.4, -0.2) is 10.9 Å². The van der Waals surface area contributed by atoms with Crippen LogP contribution in [0, 0.1) is 0 Å². The highest BCUT2D eigenvalue weighted by atomic mass is 79.9. The molecular formula is C14H8BrF3N2O2. The Bertz CT molecular complexity index is 851. The number of anilines is 1. The van der Waals surface area contributed by atoms with Crippen LogP contribution in [0.1, 0.15) is 16.2 Å². The third kappa shape index (κ3) is 2.87. The number of benzene rings is 1. The summed E-state index contributed by atoms with van der Waals surface area (Å²) in [5.41, 5.74) is -0.121. The van der Waals surface area contributed by atoms with Crippen LogP contribution in [0.2, 0.25) is 0 Å². The Labute approximate surface area is 130 Å². The number of hydrogen-bond donors (Lipinski definition) is 2. The van der Waals surface area contributed by atoms with Crippen molar-refractivity contribution in [3.63, 3.8) is 0 Å². The van der Waals surface area contributed by atoms with Gasteiger partial charge < -0.3 is 14.7 Å². The second-order valence-corrected chi connectivity index (χ2v) is 5.32. The lowest BCUT2D eigenvalue weighted by Crippen LogP contribution is -2.10. The largest absolute Gasteiger partial charge is 0.444 e. The van der Waals surface area contributed by atoms with Gasteiger partial charge in [-0.1, -0.05) is 0 Å². The van der Waals surface area contributed by atoms with E-state index in [0.717, 1.165) is 6.07 Å². The van der Waals surface area contributed by atoms with Gasteiger partial charge in [0.05, 0.1) is 0 Å². The van der Waals surface area contributed by atoms with Crippen molar-refractivity contribution in [3.05, 3.63) is 52.5 Å². The molecule has 114 valence electrons. The first-order valence-electron chi connectivity index (χ1n) is 6.09. The van der Waals surface area contributed by atoms with Crippen LogP contribution in [0.25, 0.3) is 10.9 Å². The average molecular weight is 373 g/mol. The minimum atomic E-state index is -4.44. The zero-order valence-corrected chi connectivity index (χ0v) is 12.4. The van der Waals surface area contributed by atoms with E-state index in [0.29, 0.717) is 21.3 Å². The Morgan fingerprint density at radius 3 is 2.59 bits per heavy atom. The molecule has 8 heteroatoms. The van der Waals surface area contributed by atoms with Crippen LogP contribution in [0.4, 0.5) is 18.9 Å². The SMILES string of the molecule is O=C(Nc1ccc2[nH]c(C(F)(F)F)cc2c1)c1ccc(Br)o1.